The first-order valence-corrected chi connectivity index (χ1v) is 4.09. The van der Waals surface area contributed by atoms with Crippen LogP contribution in [0.25, 0.3) is 0 Å². The van der Waals surface area contributed by atoms with Gasteiger partial charge in [-0.1, -0.05) is 0 Å². The van der Waals surface area contributed by atoms with E-state index in [1.165, 1.54) is 6.20 Å². The van der Waals surface area contributed by atoms with Crippen LogP contribution >= 0.6 is 0 Å². The van der Waals surface area contributed by atoms with E-state index in [2.05, 4.69) is 9.98 Å². The second-order valence-electron chi connectivity index (χ2n) is 2.72. The van der Waals surface area contributed by atoms with Crippen molar-refractivity contribution in [1.82, 2.24) is 4.98 Å². The van der Waals surface area contributed by atoms with Crippen LogP contribution in [0.5, 0.6) is 0 Å². The Morgan fingerprint density at radius 1 is 1.38 bits per heavy atom. The molecule has 1 rings (SSSR count). The van der Waals surface area contributed by atoms with E-state index in [1.807, 2.05) is 26.0 Å². The number of aliphatic imine (C=N–C) groups is 1. The van der Waals surface area contributed by atoms with Gasteiger partial charge in [-0.3, -0.25) is 9.98 Å². The number of nitrogens with two attached hydrogens (primary N) is 1. The van der Waals surface area contributed by atoms with Gasteiger partial charge in [0.1, 0.15) is 0 Å². The third-order valence-electron chi connectivity index (χ3n) is 1.61. The zero-order valence-electron chi connectivity index (χ0n) is 7.86. The third-order valence-corrected chi connectivity index (χ3v) is 1.61. The van der Waals surface area contributed by atoms with Crippen LogP contribution in [0.2, 0.25) is 0 Å². The maximum absolute atomic E-state index is 5.17. The highest BCUT2D eigenvalue weighted by molar-refractivity contribution is 5.74. The van der Waals surface area contributed by atoms with Crippen molar-refractivity contribution in [1.29, 1.82) is 0 Å². The zero-order valence-corrected chi connectivity index (χ0v) is 7.86. The minimum Gasteiger partial charge on any atom is -0.405 e. The highest BCUT2D eigenvalue weighted by Crippen LogP contribution is 2.15. The SMILES string of the molecule is Cc1ccc(N=CC=CN)c(C)n1. The normalized spacial score (nSPS) is 11.5. The lowest BCUT2D eigenvalue weighted by atomic mass is 10.3. The van der Waals surface area contributed by atoms with Gasteiger partial charge in [0.05, 0.1) is 11.4 Å². The summed E-state index contributed by atoms with van der Waals surface area (Å²) >= 11 is 0. The fraction of sp³-hybridized carbons (Fsp3) is 0.200. The largest absolute Gasteiger partial charge is 0.405 e. The van der Waals surface area contributed by atoms with E-state index in [0.717, 1.165) is 17.1 Å². The minimum atomic E-state index is 0.878. The van der Waals surface area contributed by atoms with Crippen LogP contribution in [-0.4, -0.2) is 11.2 Å². The highest BCUT2D eigenvalue weighted by atomic mass is 14.8. The van der Waals surface area contributed by atoms with Gasteiger partial charge in [-0.15, -0.1) is 0 Å². The number of hydrogen-bond donors (Lipinski definition) is 1. The van der Waals surface area contributed by atoms with Gasteiger partial charge >= 0.3 is 0 Å². The summed E-state index contributed by atoms with van der Waals surface area (Å²) in [4.78, 5) is 8.47. The number of aryl methyl sites for hydroxylation is 2. The molecule has 3 heteroatoms. The Labute approximate surface area is 78.0 Å². The fourth-order valence-corrected chi connectivity index (χ4v) is 0.989. The molecule has 3 nitrogen and oxygen atoms in total. The molecule has 13 heavy (non-hydrogen) atoms. The molecule has 0 amide bonds. The molecule has 0 saturated heterocycles. The number of allylic oxidation sites excluding steroid dienone is 1. The van der Waals surface area contributed by atoms with Gasteiger partial charge < -0.3 is 5.73 Å². The smallest absolute Gasteiger partial charge is 0.0842 e. The van der Waals surface area contributed by atoms with Crippen molar-refractivity contribution in [3.8, 4) is 0 Å². The molecule has 1 aromatic heterocycles. The summed E-state index contributed by atoms with van der Waals surface area (Å²) in [7, 11) is 0. The first kappa shape index (κ1) is 9.45. The van der Waals surface area contributed by atoms with E-state index >= 15 is 0 Å². The average Bonchev–Trinajstić information content (AvgIpc) is 2.09. The van der Waals surface area contributed by atoms with Crippen LogP contribution in [0, 0.1) is 13.8 Å². The van der Waals surface area contributed by atoms with Crippen LogP contribution in [0.1, 0.15) is 11.4 Å². The van der Waals surface area contributed by atoms with E-state index in [1.54, 1.807) is 12.3 Å². The van der Waals surface area contributed by atoms with E-state index in [0.29, 0.717) is 0 Å². The molecule has 0 unspecified atom stereocenters. The Balaban J connectivity index is 2.89. The van der Waals surface area contributed by atoms with Crippen molar-refractivity contribution in [2.24, 2.45) is 10.7 Å². The predicted molar refractivity (Wildman–Crippen MR) is 55.2 cm³/mol. The van der Waals surface area contributed by atoms with E-state index < -0.39 is 0 Å². The molecule has 2 N–H and O–H groups in total. The van der Waals surface area contributed by atoms with Crippen LogP contribution < -0.4 is 5.73 Å². The molecule has 0 aliphatic rings. The quantitative estimate of drug-likeness (QED) is 0.697. The lowest BCUT2D eigenvalue weighted by molar-refractivity contribution is 1.12. The van der Waals surface area contributed by atoms with Crippen LogP contribution in [0.15, 0.2) is 29.4 Å². The van der Waals surface area contributed by atoms with Gasteiger partial charge in [0.2, 0.25) is 0 Å². The van der Waals surface area contributed by atoms with Crippen molar-refractivity contribution in [2.75, 3.05) is 0 Å². The summed E-state index contributed by atoms with van der Waals surface area (Å²) in [5.41, 5.74) is 7.98. The summed E-state index contributed by atoms with van der Waals surface area (Å²) in [6.45, 7) is 3.89. The molecule has 0 atom stereocenters. The van der Waals surface area contributed by atoms with Crippen LogP contribution in [-0.2, 0) is 0 Å². The number of pyridine rings is 1. The molecule has 0 fully saturated rings. The molecule has 0 radical (unpaired) electrons. The Kier molecular flexibility index (Phi) is 3.20. The highest BCUT2D eigenvalue weighted by Gasteiger charge is 1.95. The molecule has 0 spiro atoms. The van der Waals surface area contributed by atoms with Crippen molar-refractivity contribution in [3.63, 3.8) is 0 Å². The summed E-state index contributed by atoms with van der Waals surface area (Å²) in [5, 5.41) is 0. The maximum atomic E-state index is 5.17. The first-order valence-electron chi connectivity index (χ1n) is 4.09. The van der Waals surface area contributed by atoms with Crippen molar-refractivity contribution < 1.29 is 0 Å². The Hall–Kier alpha value is -1.64. The first-order chi connectivity index (χ1) is 6.24. The van der Waals surface area contributed by atoms with Gasteiger partial charge in [-0.25, -0.2) is 0 Å². The maximum Gasteiger partial charge on any atom is 0.0842 e. The number of hydrogen-bond acceptors (Lipinski definition) is 3. The Morgan fingerprint density at radius 2 is 2.15 bits per heavy atom. The lowest BCUT2D eigenvalue weighted by Gasteiger charge is -1.98. The van der Waals surface area contributed by atoms with Gasteiger partial charge in [0, 0.05) is 11.9 Å². The molecule has 0 saturated carbocycles. The summed E-state index contributed by atoms with van der Waals surface area (Å²) in [6.07, 6.45) is 4.78. The molecule has 0 bridgehead atoms. The van der Waals surface area contributed by atoms with Crippen LogP contribution in [0.3, 0.4) is 0 Å². The molecular weight excluding hydrogens is 162 g/mol. The zero-order chi connectivity index (χ0) is 9.68. The number of aromatic nitrogens is 1. The van der Waals surface area contributed by atoms with Gasteiger partial charge in [0.15, 0.2) is 0 Å². The van der Waals surface area contributed by atoms with Gasteiger partial charge in [-0.05, 0) is 38.3 Å². The molecule has 0 aliphatic carbocycles. The van der Waals surface area contributed by atoms with Crippen molar-refractivity contribution in [2.45, 2.75) is 13.8 Å². The van der Waals surface area contributed by atoms with E-state index in [-0.39, 0.29) is 0 Å². The predicted octanol–water partition coefficient (Wildman–Crippen LogP) is 1.87. The van der Waals surface area contributed by atoms with Gasteiger partial charge in [0.25, 0.3) is 0 Å². The molecule has 0 aliphatic heterocycles. The summed E-state index contributed by atoms with van der Waals surface area (Å²) in [5.74, 6) is 0. The van der Waals surface area contributed by atoms with Crippen LogP contribution in [0.4, 0.5) is 5.69 Å². The average molecular weight is 175 g/mol. The Morgan fingerprint density at radius 3 is 2.77 bits per heavy atom. The second-order valence-corrected chi connectivity index (χ2v) is 2.72. The number of rotatable bonds is 2. The van der Waals surface area contributed by atoms with Crippen molar-refractivity contribution >= 4 is 11.9 Å². The standard InChI is InChI=1S/C10H13N3/c1-8-4-5-10(9(2)13-8)12-7-3-6-11/h3-7H,11H2,1-2H3. The minimum absolute atomic E-state index is 0.878. The fourth-order valence-electron chi connectivity index (χ4n) is 0.989. The lowest BCUT2D eigenvalue weighted by Crippen LogP contribution is -1.85. The number of nitrogens with zero attached hydrogens (tertiary/aromatic N) is 2. The molecule has 1 heterocycles. The molecular formula is C10H13N3. The van der Waals surface area contributed by atoms with E-state index in [9.17, 15) is 0 Å². The Bertz CT molecular complexity index is 340. The third kappa shape index (κ3) is 2.71. The second kappa shape index (κ2) is 4.40. The van der Waals surface area contributed by atoms with Crippen molar-refractivity contribution in [3.05, 3.63) is 35.8 Å². The molecule has 0 aromatic carbocycles. The van der Waals surface area contributed by atoms with Gasteiger partial charge in [-0.2, -0.15) is 0 Å². The topological polar surface area (TPSA) is 51.3 Å². The van der Waals surface area contributed by atoms with E-state index in [4.69, 9.17) is 5.73 Å². The molecule has 68 valence electrons. The summed E-state index contributed by atoms with van der Waals surface area (Å²) in [6, 6.07) is 3.88. The molecule has 1 aromatic rings. The summed E-state index contributed by atoms with van der Waals surface area (Å²) < 4.78 is 0. The monoisotopic (exact) mass is 175 g/mol.